The Kier molecular flexibility index (Phi) is 6.81. The van der Waals surface area contributed by atoms with Gasteiger partial charge in [0.1, 0.15) is 0 Å². The van der Waals surface area contributed by atoms with Gasteiger partial charge < -0.3 is 0 Å². The van der Waals surface area contributed by atoms with E-state index in [-0.39, 0.29) is 28.4 Å². The second-order valence-electron chi connectivity index (χ2n) is 7.94. The largest absolute Gasteiger partial charge is 0.289 e. The molecule has 0 fully saturated rings. The van der Waals surface area contributed by atoms with Gasteiger partial charge in [-0.25, -0.2) is 4.99 Å². The number of Topliss-reactive ketones (excluding diaryl/α,β-unsaturated/α-hetero) is 1. The van der Waals surface area contributed by atoms with E-state index in [4.69, 9.17) is 0 Å². The summed E-state index contributed by atoms with van der Waals surface area (Å²) in [6.45, 7) is 7.82. The lowest BCUT2D eigenvalue weighted by molar-refractivity contribution is -0.113. The molecule has 160 valence electrons. The molecule has 6 heteroatoms. The molecule has 0 bridgehead atoms. The third-order valence-corrected chi connectivity index (χ3v) is 6.17. The van der Waals surface area contributed by atoms with Crippen LogP contribution in [0, 0.1) is 11.8 Å². The van der Waals surface area contributed by atoms with Gasteiger partial charge in [-0.15, -0.1) is 4.40 Å². The van der Waals surface area contributed by atoms with Crippen molar-refractivity contribution in [3.8, 4) is 0 Å². The van der Waals surface area contributed by atoms with Crippen LogP contribution < -0.4 is 0 Å². The number of sulfonamides is 1. The summed E-state index contributed by atoms with van der Waals surface area (Å²) in [5.74, 6) is 0.127. The fourth-order valence-electron chi connectivity index (χ4n) is 3.19. The SMILES string of the molecule is CC(C)C1=CC(=N/C(=N/S(=O)(=O)c2ccccc2)c2ccccc2)C=C(C(C)C)C1=O. The Morgan fingerprint density at radius 2 is 1.26 bits per heavy atom. The molecule has 0 atom stereocenters. The maximum atomic E-state index is 12.9. The zero-order valence-electron chi connectivity index (χ0n) is 18.1. The van der Waals surface area contributed by atoms with Crippen LogP contribution in [0.25, 0.3) is 0 Å². The summed E-state index contributed by atoms with van der Waals surface area (Å²) >= 11 is 0. The first-order valence-electron chi connectivity index (χ1n) is 10.2. The molecule has 0 aromatic heterocycles. The van der Waals surface area contributed by atoms with E-state index in [2.05, 4.69) is 9.39 Å². The zero-order valence-corrected chi connectivity index (χ0v) is 18.9. The van der Waals surface area contributed by atoms with Gasteiger partial charge in [-0.3, -0.25) is 4.79 Å². The minimum Gasteiger partial charge on any atom is -0.289 e. The molecule has 0 unspecified atom stereocenters. The first kappa shape index (κ1) is 22.6. The lowest BCUT2D eigenvalue weighted by Gasteiger charge is -2.20. The summed E-state index contributed by atoms with van der Waals surface area (Å²) in [4.78, 5) is 17.5. The molecular weight excluding hydrogens is 408 g/mol. The Morgan fingerprint density at radius 1 is 0.774 bits per heavy atom. The van der Waals surface area contributed by atoms with Gasteiger partial charge in [0.15, 0.2) is 11.6 Å². The number of ketones is 1. The first-order chi connectivity index (χ1) is 14.7. The highest BCUT2D eigenvalue weighted by Gasteiger charge is 2.25. The molecule has 0 N–H and O–H groups in total. The minimum absolute atomic E-state index is 0.0130. The van der Waals surface area contributed by atoms with Gasteiger partial charge >= 0.3 is 0 Å². The molecule has 0 amide bonds. The van der Waals surface area contributed by atoms with Crippen LogP contribution in [-0.2, 0) is 14.8 Å². The average Bonchev–Trinajstić information content (AvgIpc) is 2.75. The van der Waals surface area contributed by atoms with Crippen LogP contribution in [0.5, 0.6) is 0 Å². The van der Waals surface area contributed by atoms with Crippen molar-refractivity contribution in [3.05, 3.63) is 89.5 Å². The number of amidine groups is 1. The van der Waals surface area contributed by atoms with E-state index in [1.807, 2.05) is 33.8 Å². The summed E-state index contributed by atoms with van der Waals surface area (Å²) in [6.07, 6.45) is 3.46. The highest BCUT2D eigenvalue weighted by atomic mass is 32.2. The van der Waals surface area contributed by atoms with Gasteiger partial charge in [0.25, 0.3) is 10.0 Å². The summed E-state index contributed by atoms with van der Waals surface area (Å²) in [7, 11) is -3.96. The molecule has 1 aliphatic carbocycles. The molecule has 2 aromatic carbocycles. The molecule has 31 heavy (non-hydrogen) atoms. The van der Waals surface area contributed by atoms with Gasteiger partial charge in [-0.2, -0.15) is 8.42 Å². The van der Waals surface area contributed by atoms with Crippen molar-refractivity contribution in [2.24, 2.45) is 21.2 Å². The number of hydrogen-bond acceptors (Lipinski definition) is 3. The Balaban J connectivity index is 2.19. The second-order valence-corrected chi connectivity index (χ2v) is 9.55. The Labute approximate surface area is 184 Å². The van der Waals surface area contributed by atoms with Crippen LogP contribution in [0.1, 0.15) is 33.3 Å². The molecule has 0 spiro atoms. The van der Waals surface area contributed by atoms with Crippen molar-refractivity contribution in [1.82, 2.24) is 0 Å². The normalized spacial score (nSPS) is 15.2. The van der Waals surface area contributed by atoms with Crippen LogP contribution in [0.3, 0.4) is 0 Å². The number of carbonyl (C=O) groups excluding carboxylic acids is 1. The maximum absolute atomic E-state index is 12.9. The molecule has 1 aliphatic rings. The summed E-state index contributed by atoms with van der Waals surface area (Å²) in [6, 6.07) is 17.0. The average molecular weight is 435 g/mol. The third-order valence-electron chi connectivity index (χ3n) is 4.89. The van der Waals surface area contributed by atoms with Crippen molar-refractivity contribution in [2.45, 2.75) is 32.6 Å². The van der Waals surface area contributed by atoms with E-state index in [1.54, 1.807) is 54.6 Å². The first-order valence-corrected chi connectivity index (χ1v) is 11.6. The minimum atomic E-state index is -3.96. The molecule has 5 nitrogen and oxygen atoms in total. The molecular formula is C25H26N2O3S. The fourth-order valence-corrected chi connectivity index (χ4v) is 4.17. The Morgan fingerprint density at radius 3 is 1.74 bits per heavy atom. The lowest BCUT2D eigenvalue weighted by atomic mass is 9.84. The molecule has 0 heterocycles. The monoisotopic (exact) mass is 434 g/mol. The van der Waals surface area contributed by atoms with Crippen LogP contribution >= 0.6 is 0 Å². The predicted octanol–water partition coefficient (Wildman–Crippen LogP) is 5.01. The Hall–Kier alpha value is -3.12. The van der Waals surface area contributed by atoms with E-state index in [1.165, 1.54) is 12.1 Å². The second kappa shape index (κ2) is 9.35. The highest BCUT2D eigenvalue weighted by Crippen LogP contribution is 2.25. The number of rotatable bonds is 5. The van der Waals surface area contributed by atoms with E-state index >= 15 is 0 Å². The molecule has 0 aliphatic heterocycles. The molecule has 3 rings (SSSR count). The number of allylic oxidation sites excluding steroid dienone is 4. The van der Waals surface area contributed by atoms with Gasteiger partial charge in [0.05, 0.1) is 10.6 Å². The lowest BCUT2D eigenvalue weighted by Crippen LogP contribution is -2.21. The molecule has 0 saturated carbocycles. The number of benzene rings is 2. The van der Waals surface area contributed by atoms with Gasteiger partial charge in [0.2, 0.25) is 0 Å². The van der Waals surface area contributed by atoms with E-state index in [9.17, 15) is 13.2 Å². The third kappa shape index (κ3) is 5.33. The van der Waals surface area contributed by atoms with Crippen LogP contribution in [0.15, 0.2) is 98.2 Å². The number of hydrogen-bond donors (Lipinski definition) is 0. The Bertz CT molecular complexity index is 1160. The van der Waals surface area contributed by atoms with E-state index in [0.29, 0.717) is 22.4 Å². The number of nitrogens with zero attached hydrogens (tertiary/aromatic N) is 2. The fraction of sp³-hybridized carbons (Fsp3) is 0.240. The van der Waals surface area contributed by atoms with Crippen molar-refractivity contribution in [1.29, 1.82) is 0 Å². The van der Waals surface area contributed by atoms with Gasteiger partial charge in [-0.1, -0.05) is 76.2 Å². The standard InChI is InChI=1S/C25H26N2O3S/c1-17(2)22-15-20(16-23(18(3)4)24(22)28)26-25(19-11-7-5-8-12-19)27-31(29,30)21-13-9-6-10-14-21/h5-18H,1-4H3/b27-25+. The molecule has 0 saturated heterocycles. The summed E-state index contributed by atoms with van der Waals surface area (Å²) < 4.78 is 29.9. The molecule has 0 radical (unpaired) electrons. The van der Waals surface area contributed by atoms with Crippen LogP contribution in [0.2, 0.25) is 0 Å². The van der Waals surface area contributed by atoms with Crippen molar-refractivity contribution in [2.75, 3.05) is 0 Å². The predicted molar refractivity (Wildman–Crippen MR) is 125 cm³/mol. The van der Waals surface area contributed by atoms with Gasteiger partial charge in [0, 0.05) is 16.7 Å². The van der Waals surface area contributed by atoms with Crippen molar-refractivity contribution >= 4 is 27.4 Å². The zero-order chi connectivity index (χ0) is 22.6. The van der Waals surface area contributed by atoms with E-state index in [0.717, 1.165) is 0 Å². The number of carbonyl (C=O) groups is 1. The summed E-state index contributed by atoms with van der Waals surface area (Å²) in [5, 5.41) is 0. The maximum Gasteiger partial charge on any atom is 0.284 e. The smallest absolute Gasteiger partial charge is 0.284 e. The van der Waals surface area contributed by atoms with Crippen molar-refractivity contribution in [3.63, 3.8) is 0 Å². The quantitative estimate of drug-likeness (QED) is 0.377. The summed E-state index contributed by atoms with van der Waals surface area (Å²) in [5.41, 5.74) is 2.40. The number of aliphatic imine (C=N–C) groups is 1. The molecule has 2 aromatic rings. The van der Waals surface area contributed by atoms with Crippen LogP contribution in [0.4, 0.5) is 0 Å². The van der Waals surface area contributed by atoms with E-state index < -0.39 is 10.0 Å². The topological polar surface area (TPSA) is 75.9 Å². The highest BCUT2D eigenvalue weighted by molar-refractivity contribution is 7.90. The van der Waals surface area contributed by atoms with Gasteiger partial charge in [-0.05, 0) is 36.1 Å². The van der Waals surface area contributed by atoms with Crippen molar-refractivity contribution < 1.29 is 13.2 Å². The van der Waals surface area contributed by atoms with Crippen LogP contribution in [-0.4, -0.2) is 25.7 Å².